The van der Waals surface area contributed by atoms with Crippen LogP contribution in [-0.4, -0.2) is 29.0 Å². The van der Waals surface area contributed by atoms with E-state index in [1.807, 2.05) is 12.1 Å². The number of carbonyl (C=O) groups excluding carboxylic acids is 1. The fraction of sp³-hybridized carbons (Fsp3) is 0.409. The van der Waals surface area contributed by atoms with Crippen molar-refractivity contribution >= 4 is 17.2 Å². The molecular formula is C22H26N5O+. The Morgan fingerprint density at radius 2 is 2.14 bits per heavy atom. The van der Waals surface area contributed by atoms with Crippen LogP contribution in [0.25, 0.3) is 5.57 Å². The van der Waals surface area contributed by atoms with Crippen molar-refractivity contribution in [2.75, 3.05) is 18.4 Å². The third-order valence-electron chi connectivity index (χ3n) is 5.75. The van der Waals surface area contributed by atoms with Crippen molar-refractivity contribution in [3.8, 4) is 6.07 Å². The van der Waals surface area contributed by atoms with Crippen LogP contribution in [0.15, 0.2) is 30.5 Å². The maximum atomic E-state index is 12.6. The Bertz CT molecular complexity index is 931. The molecule has 2 aromatic rings. The first-order chi connectivity index (χ1) is 13.7. The van der Waals surface area contributed by atoms with Gasteiger partial charge in [-0.05, 0) is 54.9 Å². The molecule has 0 unspecified atom stereocenters. The van der Waals surface area contributed by atoms with Gasteiger partial charge in [-0.2, -0.15) is 5.26 Å². The number of amides is 1. The fourth-order valence-electron chi connectivity index (χ4n) is 4.21. The molecule has 1 aromatic heterocycles. The van der Waals surface area contributed by atoms with Gasteiger partial charge in [0.15, 0.2) is 5.82 Å². The number of hydrogen-bond acceptors (Lipinski definition) is 3. The minimum Gasteiger partial charge on any atom is -0.346 e. The van der Waals surface area contributed by atoms with E-state index in [1.165, 1.54) is 56.1 Å². The molecule has 1 aliphatic carbocycles. The van der Waals surface area contributed by atoms with Crippen molar-refractivity contribution in [3.05, 3.63) is 53.1 Å². The quantitative estimate of drug-likeness (QED) is 0.765. The maximum Gasteiger partial charge on any atom is 0.291 e. The van der Waals surface area contributed by atoms with Crippen LogP contribution in [0.3, 0.4) is 0 Å². The van der Waals surface area contributed by atoms with Crippen LogP contribution in [0, 0.1) is 11.3 Å². The molecule has 0 saturated carbocycles. The summed E-state index contributed by atoms with van der Waals surface area (Å²) in [5, 5.41) is 14.3. The normalized spacial score (nSPS) is 17.6. The number of piperidine rings is 1. The first kappa shape index (κ1) is 18.5. The Kier molecular flexibility index (Phi) is 5.54. The van der Waals surface area contributed by atoms with E-state index in [2.05, 4.69) is 38.8 Å². The van der Waals surface area contributed by atoms with Crippen LogP contribution in [0.5, 0.6) is 0 Å². The SMILES string of the molecule is N#Cc1cnc(C(=O)Nc2ccc(C3CC[NH2+]CC3)cc2C2=CCCCC2)[nH]1. The molecule has 144 valence electrons. The lowest BCUT2D eigenvalue weighted by molar-refractivity contribution is -0.663. The molecule has 1 fully saturated rings. The molecule has 0 bridgehead atoms. The molecule has 1 amide bonds. The van der Waals surface area contributed by atoms with Gasteiger partial charge in [0.2, 0.25) is 0 Å². The minimum absolute atomic E-state index is 0.159. The summed E-state index contributed by atoms with van der Waals surface area (Å²) >= 11 is 0. The van der Waals surface area contributed by atoms with Crippen LogP contribution in [0.2, 0.25) is 0 Å². The van der Waals surface area contributed by atoms with Gasteiger partial charge in [0, 0.05) is 24.1 Å². The first-order valence-corrected chi connectivity index (χ1v) is 10.2. The molecule has 6 nitrogen and oxygen atoms in total. The summed E-state index contributed by atoms with van der Waals surface area (Å²) in [5.74, 6) is 0.437. The number of nitriles is 1. The lowest BCUT2D eigenvalue weighted by Crippen LogP contribution is -2.86. The zero-order valence-electron chi connectivity index (χ0n) is 16.0. The summed E-state index contributed by atoms with van der Waals surface area (Å²) in [5.41, 5.74) is 4.93. The second-order valence-electron chi connectivity index (χ2n) is 7.63. The lowest BCUT2D eigenvalue weighted by Gasteiger charge is -2.23. The average molecular weight is 376 g/mol. The van der Waals surface area contributed by atoms with E-state index in [1.54, 1.807) is 0 Å². The zero-order valence-corrected chi connectivity index (χ0v) is 16.0. The molecule has 6 heteroatoms. The number of aromatic nitrogens is 2. The van der Waals surface area contributed by atoms with Gasteiger partial charge in [0.05, 0.1) is 19.3 Å². The van der Waals surface area contributed by atoms with Gasteiger partial charge in [-0.15, -0.1) is 0 Å². The number of H-pyrrole nitrogens is 1. The van der Waals surface area contributed by atoms with E-state index in [0.29, 0.717) is 5.92 Å². The molecule has 1 aromatic carbocycles. The van der Waals surface area contributed by atoms with Gasteiger partial charge in [0.1, 0.15) is 11.8 Å². The maximum absolute atomic E-state index is 12.6. The molecule has 0 spiro atoms. The van der Waals surface area contributed by atoms with Gasteiger partial charge in [-0.25, -0.2) is 4.98 Å². The van der Waals surface area contributed by atoms with Gasteiger partial charge in [0.25, 0.3) is 5.91 Å². The molecule has 4 N–H and O–H groups in total. The topological polar surface area (TPSA) is 98.2 Å². The van der Waals surface area contributed by atoms with Gasteiger partial charge >= 0.3 is 0 Å². The summed E-state index contributed by atoms with van der Waals surface area (Å²) in [4.78, 5) is 19.4. The van der Waals surface area contributed by atoms with E-state index in [9.17, 15) is 4.79 Å². The van der Waals surface area contributed by atoms with E-state index in [-0.39, 0.29) is 17.4 Å². The standard InChI is InChI=1S/C22H25N5O/c23-13-18-14-25-21(26-18)22(28)27-20-7-6-17(15-8-10-24-11-9-15)12-19(20)16-4-2-1-3-5-16/h4,6-7,12,14-15,24H,1-3,5,8-11H2,(H,25,26)(H,27,28)/p+1. The van der Waals surface area contributed by atoms with Crippen LogP contribution < -0.4 is 10.6 Å². The Labute approximate surface area is 165 Å². The first-order valence-electron chi connectivity index (χ1n) is 10.2. The lowest BCUT2D eigenvalue weighted by atomic mass is 9.86. The number of anilines is 1. The van der Waals surface area contributed by atoms with Crippen molar-refractivity contribution in [1.82, 2.24) is 9.97 Å². The van der Waals surface area contributed by atoms with E-state index < -0.39 is 0 Å². The van der Waals surface area contributed by atoms with Crippen LogP contribution >= 0.6 is 0 Å². The Hall–Kier alpha value is -2.91. The third-order valence-corrected chi connectivity index (χ3v) is 5.75. The summed E-state index contributed by atoms with van der Waals surface area (Å²) in [6, 6.07) is 8.43. The third kappa shape index (κ3) is 4.00. The molecule has 4 rings (SSSR count). The zero-order chi connectivity index (χ0) is 19.3. The molecule has 2 heterocycles. The van der Waals surface area contributed by atoms with E-state index in [4.69, 9.17) is 5.26 Å². The molecule has 1 saturated heterocycles. The Morgan fingerprint density at radius 3 is 2.86 bits per heavy atom. The van der Waals surface area contributed by atoms with Crippen LogP contribution in [-0.2, 0) is 0 Å². The fourth-order valence-corrected chi connectivity index (χ4v) is 4.21. The van der Waals surface area contributed by atoms with E-state index in [0.717, 1.165) is 24.1 Å². The number of aromatic amines is 1. The summed E-state index contributed by atoms with van der Waals surface area (Å²) < 4.78 is 0. The molecular weight excluding hydrogens is 350 g/mol. The summed E-state index contributed by atoms with van der Waals surface area (Å²) in [7, 11) is 0. The second-order valence-corrected chi connectivity index (χ2v) is 7.63. The summed E-state index contributed by atoms with van der Waals surface area (Å²) in [6.07, 6.45) is 10.6. The minimum atomic E-state index is -0.320. The summed E-state index contributed by atoms with van der Waals surface area (Å²) in [6.45, 7) is 2.36. The highest BCUT2D eigenvalue weighted by molar-refractivity contribution is 6.03. The Balaban J connectivity index is 1.64. The van der Waals surface area contributed by atoms with Crippen molar-refractivity contribution in [3.63, 3.8) is 0 Å². The van der Waals surface area contributed by atoms with E-state index >= 15 is 0 Å². The van der Waals surface area contributed by atoms with Gasteiger partial charge < -0.3 is 15.6 Å². The van der Waals surface area contributed by atoms with Crippen molar-refractivity contribution in [2.24, 2.45) is 0 Å². The number of allylic oxidation sites excluding steroid dienone is 2. The van der Waals surface area contributed by atoms with Crippen LogP contribution in [0.4, 0.5) is 5.69 Å². The number of nitrogens with one attached hydrogen (secondary N) is 2. The second kappa shape index (κ2) is 8.41. The number of quaternary nitrogens is 1. The van der Waals surface area contributed by atoms with Crippen molar-refractivity contribution in [2.45, 2.75) is 44.4 Å². The average Bonchev–Trinajstić information content (AvgIpc) is 3.25. The predicted octanol–water partition coefficient (Wildman–Crippen LogP) is 2.93. The van der Waals surface area contributed by atoms with Gasteiger partial charge in [-0.3, -0.25) is 4.79 Å². The van der Waals surface area contributed by atoms with Crippen molar-refractivity contribution in [1.29, 1.82) is 5.26 Å². The number of hydrogen-bond donors (Lipinski definition) is 3. The number of nitrogens with two attached hydrogens (primary N) is 1. The smallest absolute Gasteiger partial charge is 0.291 e. The highest BCUT2D eigenvalue weighted by atomic mass is 16.2. The van der Waals surface area contributed by atoms with Crippen molar-refractivity contribution < 1.29 is 10.1 Å². The number of rotatable bonds is 4. The molecule has 1 aliphatic heterocycles. The molecule has 28 heavy (non-hydrogen) atoms. The Morgan fingerprint density at radius 1 is 1.29 bits per heavy atom. The number of imidazole rings is 1. The largest absolute Gasteiger partial charge is 0.346 e. The number of benzene rings is 1. The molecule has 0 atom stereocenters. The van der Waals surface area contributed by atoms with Crippen LogP contribution in [0.1, 0.15) is 71.9 Å². The highest BCUT2D eigenvalue weighted by Crippen LogP contribution is 2.35. The predicted molar refractivity (Wildman–Crippen MR) is 108 cm³/mol. The molecule has 0 radical (unpaired) electrons. The van der Waals surface area contributed by atoms with Gasteiger partial charge in [-0.1, -0.05) is 12.1 Å². The number of carbonyl (C=O) groups is 1. The number of nitrogens with zero attached hydrogens (tertiary/aromatic N) is 2. The molecule has 2 aliphatic rings. The monoisotopic (exact) mass is 376 g/mol. The highest BCUT2D eigenvalue weighted by Gasteiger charge is 2.21.